The SMILES string of the molecule is NC(=O)c1cc(-c2ccc(OCc3cccc4c3no[n+]4[O-])cc2)c(C(F)(F)F)[nH]c1=O. The van der Waals surface area contributed by atoms with Crippen molar-refractivity contribution in [2.24, 2.45) is 5.73 Å². The number of carbonyl (C=O) groups excluding carboxylic acids is 1. The van der Waals surface area contributed by atoms with Gasteiger partial charge in [-0.2, -0.15) is 13.2 Å². The Hall–Kier alpha value is -4.35. The van der Waals surface area contributed by atoms with Gasteiger partial charge < -0.3 is 20.7 Å². The number of hydrogen-bond acceptors (Lipinski definition) is 6. The van der Waals surface area contributed by atoms with Crippen LogP contribution in [-0.2, 0) is 12.8 Å². The van der Waals surface area contributed by atoms with Crippen LogP contribution in [0.4, 0.5) is 13.2 Å². The average molecular weight is 446 g/mol. The fraction of sp³-hybridized carbons (Fsp3) is 0.100. The van der Waals surface area contributed by atoms with Crippen LogP contribution in [0, 0.1) is 5.21 Å². The highest BCUT2D eigenvalue weighted by Gasteiger charge is 2.36. The number of halogens is 3. The van der Waals surface area contributed by atoms with Gasteiger partial charge in [-0.25, -0.2) is 0 Å². The highest BCUT2D eigenvalue weighted by Crippen LogP contribution is 2.35. The molecule has 4 aromatic rings. The maximum Gasteiger partial charge on any atom is 0.431 e. The summed E-state index contributed by atoms with van der Waals surface area (Å²) in [6, 6.07) is 11.2. The molecule has 2 aromatic heterocycles. The highest BCUT2D eigenvalue weighted by atomic mass is 19.4. The number of nitrogens with one attached hydrogen (secondary N) is 1. The minimum absolute atomic E-state index is 0.0154. The van der Waals surface area contributed by atoms with Crippen molar-refractivity contribution >= 4 is 16.9 Å². The maximum atomic E-state index is 13.4. The molecule has 0 radical (unpaired) electrons. The summed E-state index contributed by atoms with van der Waals surface area (Å²) in [5.41, 5.74) is 2.75. The Balaban J connectivity index is 1.63. The Bertz CT molecular complexity index is 1380. The van der Waals surface area contributed by atoms with E-state index in [0.29, 0.717) is 16.8 Å². The predicted octanol–water partition coefficient (Wildman–Crippen LogP) is 2.51. The summed E-state index contributed by atoms with van der Waals surface area (Å²) in [5, 5.41) is 15.1. The molecule has 12 heteroatoms. The number of carbonyl (C=O) groups is 1. The zero-order valence-electron chi connectivity index (χ0n) is 16.0. The summed E-state index contributed by atoms with van der Waals surface area (Å²) < 4.78 is 50.4. The lowest BCUT2D eigenvalue weighted by Crippen LogP contribution is -2.27. The van der Waals surface area contributed by atoms with Gasteiger partial charge in [0.1, 0.15) is 23.6 Å². The molecule has 0 unspecified atom stereocenters. The van der Waals surface area contributed by atoms with Gasteiger partial charge in [0, 0.05) is 16.3 Å². The third-order valence-corrected chi connectivity index (χ3v) is 4.65. The molecule has 3 N–H and O–H groups in total. The lowest BCUT2D eigenvalue weighted by Gasteiger charge is -2.14. The number of pyridine rings is 1. The molecule has 0 fully saturated rings. The van der Waals surface area contributed by atoms with E-state index in [-0.39, 0.29) is 22.6 Å². The molecule has 0 saturated carbocycles. The molecule has 1 amide bonds. The second-order valence-corrected chi connectivity index (χ2v) is 6.69. The van der Waals surface area contributed by atoms with E-state index in [9.17, 15) is 28.0 Å². The van der Waals surface area contributed by atoms with E-state index in [0.717, 1.165) is 6.07 Å². The van der Waals surface area contributed by atoms with E-state index in [1.54, 1.807) is 17.1 Å². The molecule has 2 aromatic carbocycles. The van der Waals surface area contributed by atoms with Gasteiger partial charge in [-0.1, -0.05) is 24.3 Å². The van der Waals surface area contributed by atoms with Crippen LogP contribution >= 0.6 is 0 Å². The Morgan fingerprint density at radius 3 is 2.59 bits per heavy atom. The van der Waals surface area contributed by atoms with E-state index in [1.807, 2.05) is 0 Å². The first kappa shape index (κ1) is 20.9. The smallest absolute Gasteiger partial charge is 0.431 e. The maximum absolute atomic E-state index is 13.4. The van der Waals surface area contributed by atoms with Crippen LogP contribution in [0.5, 0.6) is 5.75 Å². The highest BCUT2D eigenvalue weighted by molar-refractivity contribution is 5.94. The largest absolute Gasteiger partial charge is 0.489 e. The molecule has 9 nitrogen and oxygen atoms in total. The van der Waals surface area contributed by atoms with E-state index < -0.39 is 34.5 Å². The van der Waals surface area contributed by atoms with Crippen LogP contribution in [0.25, 0.3) is 22.2 Å². The number of ether oxygens (including phenoxy) is 1. The van der Waals surface area contributed by atoms with Crippen molar-refractivity contribution in [1.29, 1.82) is 0 Å². The normalized spacial score (nSPS) is 11.6. The molecule has 0 bridgehead atoms. The van der Waals surface area contributed by atoms with Gasteiger partial charge in [0.25, 0.3) is 17.0 Å². The first-order valence-corrected chi connectivity index (χ1v) is 9.00. The molecule has 0 spiro atoms. The van der Waals surface area contributed by atoms with E-state index in [1.165, 1.54) is 30.3 Å². The Kier molecular flexibility index (Phi) is 5.04. The van der Waals surface area contributed by atoms with Gasteiger partial charge in [0.15, 0.2) is 0 Å². The molecule has 164 valence electrons. The molecule has 0 saturated heterocycles. The number of amides is 1. The summed E-state index contributed by atoms with van der Waals surface area (Å²) in [6.45, 7) is 0.0154. The van der Waals surface area contributed by atoms with Gasteiger partial charge in [0.05, 0.1) is 0 Å². The lowest BCUT2D eigenvalue weighted by atomic mass is 10.0. The minimum atomic E-state index is -4.87. The number of H-pyrrole nitrogens is 1. The number of nitrogens with zero attached hydrogens (tertiary/aromatic N) is 2. The van der Waals surface area contributed by atoms with Crippen molar-refractivity contribution in [3.63, 3.8) is 0 Å². The number of rotatable bonds is 5. The van der Waals surface area contributed by atoms with Crippen molar-refractivity contribution in [1.82, 2.24) is 10.1 Å². The fourth-order valence-corrected chi connectivity index (χ4v) is 3.13. The summed E-state index contributed by atoms with van der Waals surface area (Å²) in [6.07, 6.45) is -4.87. The molecule has 4 rings (SSSR count). The van der Waals surface area contributed by atoms with Crippen LogP contribution in [0.2, 0.25) is 0 Å². The van der Waals surface area contributed by atoms with E-state index in [2.05, 4.69) is 9.79 Å². The van der Waals surface area contributed by atoms with Gasteiger partial charge in [0.2, 0.25) is 5.52 Å². The quantitative estimate of drug-likeness (QED) is 0.452. The Labute approximate surface area is 176 Å². The average Bonchev–Trinajstić information content (AvgIpc) is 3.13. The number of nitrogens with two attached hydrogens (primary N) is 1. The first-order chi connectivity index (χ1) is 15.1. The number of aromatic nitrogens is 3. The van der Waals surface area contributed by atoms with Crippen LogP contribution in [0.15, 0.2) is 58.0 Å². The summed E-state index contributed by atoms with van der Waals surface area (Å²) in [5.74, 6) is -0.833. The number of aromatic amines is 1. The summed E-state index contributed by atoms with van der Waals surface area (Å²) in [7, 11) is 0. The summed E-state index contributed by atoms with van der Waals surface area (Å²) >= 11 is 0. The third kappa shape index (κ3) is 3.85. The first-order valence-electron chi connectivity index (χ1n) is 9.00. The number of benzene rings is 2. The van der Waals surface area contributed by atoms with Crippen molar-refractivity contribution in [3.05, 3.63) is 80.9 Å². The molecule has 0 aliphatic rings. The van der Waals surface area contributed by atoms with Gasteiger partial charge in [-0.3, -0.25) is 14.2 Å². The molecule has 2 heterocycles. The Morgan fingerprint density at radius 2 is 1.94 bits per heavy atom. The van der Waals surface area contributed by atoms with E-state index in [4.69, 9.17) is 10.5 Å². The number of hydrogen-bond donors (Lipinski definition) is 2. The number of primary amides is 1. The minimum Gasteiger partial charge on any atom is -0.489 e. The van der Waals surface area contributed by atoms with Crippen LogP contribution in [0.1, 0.15) is 21.6 Å². The van der Waals surface area contributed by atoms with Gasteiger partial charge in [-0.15, -0.1) is 0 Å². The molecule has 0 aliphatic heterocycles. The Morgan fingerprint density at radius 1 is 1.22 bits per heavy atom. The second kappa shape index (κ2) is 7.72. The molecule has 0 atom stereocenters. The van der Waals surface area contributed by atoms with Crippen molar-refractivity contribution in [2.75, 3.05) is 0 Å². The van der Waals surface area contributed by atoms with Gasteiger partial charge in [-0.05, 0) is 34.7 Å². The summed E-state index contributed by atoms with van der Waals surface area (Å²) in [4.78, 5) is 25.1. The van der Waals surface area contributed by atoms with Crippen molar-refractivity contribution in [3.8, 4) is 16.9 Å². The topological polar surface area (TPSA) is 138 Å². The zero-order valence-corrected chi connectivity index (χ0v) is 16.0. The van der Waals surface area contributed by atoms with Crippen LogP contribution in [0.3, 0.4) is 0 Å². The van der Waals surface area contributed by atoms with Crippen LogP contribution in [-0.4, -0.2) is 16.0 Å². The third-order valence-electron chi connectivity index (χ3n) is 4.65. The monoisotopic (exact) mass is 446 g/mol. The molecule has 32 heavy (non-hydrogen) atoms. The van der Waals surface area contributed by atoms with E-state index >= 15 is 0 Å². The second-order valence-electron chi connectivity index (χ2n) is 6.69. The van der Waals surface area contributed by atoms with Gasteiger partial charge >= 0.3 is 6.18 Å². The van der Waals surface area contributed by atoms with Crippen molar-refractivity contribution in [2.45, 2.75) is 12.8 Å². The molecular formula is C20H13F3N4O5. The standard InChI is InChI=1S/C20H13F3N4O5/c21-20(22,23)17-13(8-14(18(24)28)19(29)25-17)10-4-6-12(7-5-10)31-9-11-2-1-3-15-16(11)26-32-27(15)30/h1-8H,9H2,(H2,24,28)(H,25,29). The fourth-order valence-electron chi connectivity index (χ4n) is 3.13. The van der Waals surface area contributed by atoms with Crippen LogP contribution < -0.4 is 20.9 Å². The zero-order chi connectivity index (χ0) is 23.0. The molecule has 0 aliphatic carbocycles. The number of alkyl halides is 3. The predicted molar refractivity (Wildman–Crippen MR) is 103 cm³/mol. The number of fused-ring (bicyclic) bond motifs is 1. The lowest BCUT2D eigenvalue weighted by molar-refractivity contribution is -0.782. The molecular weight excluding hydrogens is 433 g/mol. The van der Waals surface area contributed by atoms with Crippen molar-refractivity contribution < 1.29 is 32.2 Å².